The summed E-state index contributed by atoms with van der Waals surface area (Å²) in [6.07, 6.45) is 0. The van der Waals surface area contributed by atoms with Crippen LogP contribution in [0.15, 0.2) is 0 Å². The van der Waals surface area contributed by atoms with Gasteiger partial charge in [-0.05, 0) is 18.7 Å². The third kappa shape index (κ3) is 2.46. The van der Waals surface area contributed by atoms with E-state index in [0.29, 0.717) is 0 Å². The summed E-state index contributed by atoms with van der Waals surface area (Å²) in [7, 11) is -4.00. The van der Waals surface area contributed by atoms with Crippen molar-refractivity contribution in [2.45, 2.75) is 12.3 Å². The van der Waals surface area contributed by atoms with Crippen molar-refractivity contribution in [1.29, 1.82) is 0 Å². The Labute approximate surface area is 52.7 Å². The SMILES string of the molecule is CC(NCl)S(=O)(=O)O. The highest BCUT2D eigenvalue weighted by Crippen LogP contribution is 1.91. The summed E-state index contributed by atoms with van der Waals surface area (Å²) in [5.41, 5.74) is 0. The summed E-state index contributed by atoms with van der Waals surface area (Å²) in [6, 6.07) is 0. The number of halogens is 1. The fraction of sp³-hybridized carbons (Fsp3) is 1.00. The first-order chi connectivity index (χ1) is 3.48. The second kappa shape index (κ2) is 2.63. The number of hydrogen-bond acceptors (Lipinski definition) is 3. The molecule has 0 spiro atoms. The Bertz CT molecular complexity index is 153. The van der Waals surface area contributed by atoms with Gasteiger partial charge in [0.2, 0.25) is 0 Å². The highest BCUT2D eigenvalue weighted by atomic mass is 35.5. The van der Waals surface area contributed by atoms with Crippen LogP contribution in [-0.2, 0) is 10.1 Å². The summed E-state index contributed by atoms with van der Waals surface area (Å²) in [5, 5.41) is -1.11. The minimum Gasteiger partial charge on any atom is -0.284 e. The average molecular weight is 160 g/mol. The molecular weight excluding hydrogens is 154 g/mol. The Morgan fingerprint density at radius 2 is 2.12 bits per heavy atom. The molecule has 0 aromatic carbocycles. The lowest BCUT2D eigenvalue weighted by Gasteiger charge is -2.00. The van der Waals surface area contributed by atoms with Gasteiger partial charge in [0, 0.05) is 0 Å². The van der Waals surface area contributed by atoms with E-state index >= 15 is 0 Å². The van der Waals surface area contributed by atoms with Crippen LogP contribution < -0.4 is 4.84 Å². The van der Waals surface area contributed by atoms with Crippen LogP contribution in [0, 0.1) is 0 Å². The zero-order chi connectivity index (χ0) is 6.78. The smallest absolute Gasteiger partial charge is 0.281 e. The Morgan fingerprint density at radius 3 is 2.12 bits per heavy atom. The zero-order valence-corrected chi connectivity index (χ0v) is 5.70. The highest BCUT2D eigenvalue weighted by Gasteiger charge is 2.14. The van der Waals surface area contributed by atoms with Gasteiger partial charge in [-0.15, -0.1) is 0 Å². The largest absolute Gasteiger partial charge is 0.284 e. The normalized spacial score (nSPS) is 15.9. The molecule has 0 saturated carbocycles. The van der Waals surface area contributed by atoms with Crippen molar-refractivity contribution in [3.8, 4) is 0 Å². The summed E-state index contributed by atoms with van der Waals surface area (Å²) < 4.78 is 28.1. The molecule has 0 aromatic heterocycles. The molecule has 0 heterocycles. The van der Waals surface area contributed by atoms with Crippen LogP contribution in [0.2, 0.25) is 0 Å². The molecule has 0 aliphatic carbocycles. The molecule has 1 atom stereocenters. The Hall–Kier alpha value is 0.160. The molecule has 0 aromatic rings. The van der Waals surface area contributed by atoms with Gasteiger partial charge < -0.3 is 0 Å². The van der Waals surface area contributed by atoms with Crippen molar-refractivity contribution in [2.24, 2.45) is 0 Å². The van der Waals surface area contributed by atoms with Crippen LogP contribution in [0.3, 0.4) is 0 Å². The maximum Gasteiger partial charge on any atom is 0.281 e. The molecule has 50 valence electrons. The van der Waals surface area contributed by atoms with E-state index in [1.54, 1.807) is 0 Å². The molecule has 8 heavy (non-hydrogen) atoms. The van der Waals surface area contributed by atoms with Gasteiger partial charge in [-0.3, -0.25) is 4.55 Å². The summed E-state index contributed by atoms with van der Waals surface area (Å²) in [5.74, 6) is 0. The summed E-state index contributed by atoms with van der Waals surface area (Å²) in [6.45, 7) is 1.22. The number of rotatable bonds is 2. The molecule has 1 unspecified atom stereocenters. The third-order valence-electron chi connectivity index (χ3n) is 0.600. The molecule has 6 heteroatoms. The van der Waals surface area contributed by atoms with Crippen molar-refractivity contribution in [3.63, 3.8) is 0 Å². The highest BCUT2D eigenvalue weighted by molar-refractivity contribution is 7.86. The fourth-order valence-corrected chi connectivity index (χ4v) is 0.507. The second-order valence-electron chi connectivity index (χ2n) is 1.27. The molecule has 0 aliphatic heterocycles. The predicted octanol–water partition coefficient (Wildman–Crippen LogP) is -0.0364. The van der Waals surface area contributed by atoms with E-state index in [4.69, 9.17) is 16.3 Å². The second-order valence-corrected chi connectivity index (χ2v) is 3.22. The topological polar surface area (TPSA) is 66.4 Å². The standard InChI is InChI=1S/C2H6ClNO3S/c1-2(4-3)8(5,6)7/h2,4H,1H3,(H,5,6,7). The number of nitrogens with one attached hydrogen (secondary N) is 1. The molecule has 0 radical (unpaired) electrons. The van der Waals surface area contributed by atoms with Crippen LogP contribution in [0.4, 0.5) is 0 Å². The third-order valence-corrected chi connectivity index (χ3v) is 2.07. The van der Waals surface area contributed by atoms with Gasteiger partial charge in [-0.25, -0.2) is 4.84 Å². The first kappa shape index (κ1) is 8.16. The van der Waals surface area contributed by atoms with Gasteiger partial charge in [0.15, 0.2) is 0 Å². The first-order valence-corrected chi connectivity index (χ1v) is 3.69. The van der Waals surface area contributed by atoms with Crippen molar-refractivity contribution in [2.75, 3.05) is 0 Å². The van der Waals surface area contributed by atoms with E-state index < -0.39 is 15.5 Å². The molecule has 0 saturated heterocycles. The minimum absolute atomic E-state index is 1.11. The number of hydrogen-bond donors (Lipinski definition) is 2. The van der Waals surface area contributed by atoms with Gasteiger partial charge in [0.1, 0.15) is 5.37 Å². The predicted molar refractivity (Wildman–Crippen MR) is 30.0 cm³/mol. The molecule has 4 nitrogen and oxygen atoms in total. The van der Waals surface area contributed by atoms with Gasteiger partial charge >= 0.3 is 0 Å². The monoisotopic (exact) mass is 159 g/mol. The molecule has 0 aliphatic rings. The summed E-state index contributed by atoms with van der Waals surface area (Å²) >= 11 is 4.85. The first-order valence-electron chi connectivity index (χ1n) is 1.81. The Balaban J connectivity index is 4.04. The van der Waals surface area contributed by atoms with E-state index in [1.807, 2.05) is 4.84 Å². The quantitative estimate of drug-likeness (QED) is 0.439. The minimum atomic E-state index is -4.00. The van der Waals surface area contributed by atoms with Crippen molar-refractivity contribution < 1.29 is 13.0 Å². The van der Waals surface area contributed by atoms with Gasteiger partial charge in [0.25, 0.3) is 10.1 Å². The van der Waals surface area contributed by atoms with Crippen molar-refractivity contribution >= 4 is 21.9 Å². The van der Waals surface area contributed by atoms with Crippen LogP contribution in [0.25, 0.3) is 0 Å². The van der Waals surface area contributed by atoms with E-state index in [9.17, 15) is 8.42 Å². The maximum absolute atomic E-state index is 9.97. The fourth-order valence-electron chi connectivity index (χ4n) is 0.0563. The molecule has 0 bridgehead atoms. The van der Waals surface area contributed by atoms with Gasteiger partial charge in [-0.2, -0.15) is 8.42 Å². The summed E-state index contributed by atoms with van der Waals surface area (Å²) in [4.78, 5) is 1.84. The van der Waals surface area contributed by atoms with E-state index in [2.05, 4.69) is 0 Å². The zero-order valence-electron chi connectivity index (χ0n) is 4.13. The van der Waals surface area contributed by atoms with E-state index in [-0.39, 0.29) is 0 Å². The molecule has 0 amide bonds. The van der Waals surface area contributed by atoms with Crippen molar-refractivity contribution in [3.05, 3.63) is 0 Å². The van der Waals surface area contributed by atoms with Gasteiger partial charge in [0.05, 0.1) is 0 Å². The maximum atomic E-state index is 9.97. The van der Waals surface area contributed by atoms with Crippen LogP contribution in [0.5, 0.6) is 0 Å². The molecule has 2 N–H and O–H groups in total. The molecular formula is C2H6ClNO3S. The Kier molecular flexibility index (Phi) is 2.68. The van der Waals surface area contributed by atoms with Crippen molar-refractivity contribution in [1.82, 2.24) is 4.84 Å². The lowest BCUT2D eigenvalue weighted by atomic mass is 10.8. The Morgan fingerprint density at radius 1 is 1.75 bits per heavy atom. The molecule has 0 rings (SSSR count). The van der Waals surface area contributed by atoms with E-state index in [0.717, 1.165) is 0 Å². The van der Waals surface area contributed by atoms with Crippen LogP contribution >= 0.6 is 11.8 Å². The lowest BCUT2D eigenvalue weighted by Crippen LogP contribution is -2.26. The van der Waals surface area contributed by atoms with Gasteiger partial charge in [-0.1, -0.05) is 0 Å². The van der Waals surface area contributed by atoms with Crippen LogP contribution in [-0.4, -0.2) is 18.3 Å². The molecule has 0 fully saturated rings. The lowest BCUT2D eigenvalue weighted by molar-refractivity contribution is 0.468. The van der Waals surface area contributed by atoms with E-state index in [1.165, 1.54) is 6.92 Å². The van der Waals surface area contributed by atoms with Crippen LogP contribution in [0.1, 0.15) is 6.92 Å². The average Bonchev–Trinajstić information content (AvgIpc) is 1.62.